The van der Waals surface area contributed by atoms with E-state index in [1.807, 2.05) is 0 Å². The van der Waals surface area contributed by atoms with E-state index in [0.29, 0.717) is 5.56 Å². The molecule has 0 aliphatic carbocycles. The highest BCUT2D eigenvalue weighted by Gasteiger charge is 2.12. The summed E-state index contributed by atoms with van der Waals surface area (Å²) in [4.78, 5) is 23.6. The van der Waals surface area contributed by atoms with Crippen LogP contribution < -0.4 is 11.0 Å². The Labute approximate surface area is 117 Å². The van der Waals surface area contributed by atoms with Gasteiger partial charge in [-0.15, -0.1) is 10.2 Å². The quantitative estimate of drug-likeness (QED) is 0.422. The van der Waals surface area contributed by atoms with Crippen molar-refractivity contribution < 1.29 is 10.0 Å². The molecular weight excluding hydrogens is 280 g/mol. The Balaban J connectivity index is 2.14. The summed E-state index contributed by atoms with van der Waals surface area (Å²) in [6.07, 6.45) is 1.27. The maximum atomic E-state index is 11.3. The summed E-state index contributed by atoms with van der Waals surface area (Å²) in [5.74, 6) is -0.394. The molecule has 3 N–H and O–H groups in total. The van der Waals surface area contributed by atoms with Crippen LogP contribution in [0.15, 0.2) is 28.1 Å². The van der Waals surface area contributed by atoms with E-state index in [4.69, 9.17) is 0 Å². The molecule has 0 amide bonds. The van der Waals surface area contributed by atoms with Gasteiger partial charge in [0.1, 0.15) is 5.69 Å². The lowest BCUT2D eigenvalue weighted by molar-refractivity contribution is -0.385. The molecule has 108 valence electrons. The van der Waals surface area contributed by atoms with Crippen molar-refractivity contribution >= 4 is 17.9 Å². The standard InChI is InChI=1S/C11H10N6O4/c1-6-10(19)13-11(16-14-6)15-12-5-7-2-3-9(18)8(4-7)17(20)21/h2-5,18H,1H3,(H2,13,15,16,19). The molecule has 0 radical (unpaired) electrons. The average Bonchev–Trinajstić information content (AvgIpc) is 2.44. The Morgan fingerprint density at radius 3 is 2.90 bits per heavy atom. The van der Waals surface area contributed by atoms with Crippen LogP contribution in [0.2, 0.25) is 0 Å². The van der Waals surface area contributed by atoms with Crippen molar-refractivity contribution in [3.63, 3.8) is 0 Å². The highest BCUT2D eigenvalue weighted by molar-refractivity contribution is 5.81. The molecule has 0 spiro atoms. The van der Waals surface area contributed by atoms with Crippen LogP contribution >= 0.6 is 0 Å². The van der Waals surface area contributed by atoms with E-state index in [1.54, 1.807) is 0 Å². The minimum Gasteiger partial charge on any atom is -0.502 e. The molecule has 0 aliphatic rings. The minimum absolute atomic E-state index is 0.0372. The molecule has 0 bridgehead atoms. The zero-order chi connectivity index (χ0) is 15.4. The second kappa shape index (κ2) is 5.77. The van der Waals surface area contributed by atoms with E-state index < -0.39 is 21.9 Å². The Morgan fingerprint density at radius 2 is 2.24 bits per heavy atom. The number of hydrogen-bond acceptors (Lipinski definition) is 8. The Hall–Kier alpha value is -3.30. The van der Waals surface area contributed by atoms with Gasteiger partial charge in [-0.05, 0) is 19.1 Å². The second-order valence-electron chi connectivity index (χ2n) is 3.96. The van der Waals surface area contributed by atoms with Crippen molar-refractivity contribution in [1.29, 1.82) is 0 Å². The number of hydrogen-bond donors (Lipinski definition) is 3. The van der Waals surface area contributed by atoms with Crippen molar-refractivity contribution in [3.05, 3.63) is 49.9 Å². The largest absolute Gasteiger partial charge is 0.502 e. The number of aryl methyl sites for hydroxylation is 1. The number of phenolic OH excluding ortho intramolecular Hbond substituents is 1. The average molecular weight is 290 g/mol. The Kier molecular flexibility index (Phi) is 3.88. The summed E-state index contributed by atoms with van der Waals surface area (Å²) >= 11 is 0. The number of aromatic nitrogens is 3. The first-order valence-corrected chi connectivity index (χ1v) is 5.67. The fraction of sp³-hybridized carbons (Fsp3) is 0.0909. The fourth-order valence-corrected chi connectivity index (χ4v) is 1.38. The lowest BCUT2D eigenvalue weighted by Gasteiger charge is -1.99. The van der Waals surface area contributed by atoms with Crippen LogP contribution in [0.5, 0.6) is 5.75 Å². The SMILES string of the molecule is Cc1nnc(NN=Cc2ccc(O)c([N+](=O)[O-])c2)[nH]c1=O. The van der Waals surface area contributed by atoms with Crippen LogP contribution in [-0.4, -0.2) is 31.4 Å². The number of nitro groups is 1. The van der Waals surface area contributed by atoms with E-state index >= 15 is 0 Å². The number of phenols is 1. The summed E-state index contributed by atoms with van der Waals surface area (Å²) in [6, 6.07) is 3.79. The molecule has 1 aromatic carbocycles. The van der Waals surface area contributed by atoms with Gasteiger partial charge in [-0.3, -0.25) is 19.9 Å². The molecule has 0 saturated heterocycles. The summed E-state index contributed by atoms with van der Waals surface area (Å²) in [5.41, 5.74) is 2.21. The van der Waals surface area contributed by atoms with Crippen molar-refractivity contribution in [2.24, 2.45) is 5.10 Å². The van der Waals surface area contributed by atoms with Gasteiger partial charge in [-0.2, -0.15) is 5.10 Å². The molecule has 10 heteroatoms. The third-order valence-corrected chi connectivity index (χ3v) is 2.44. The number of nitrogens with zero attached hydrogens (tertiary/aromatic N) is 4. The molecule has 0 saturated carbocycles. The highest BCUT2D eigenvalue weighted by atomic mass is 16.6. The number of benzene rings is 1. The van der Waals surface area contributed by atoms with Crippen molar-refractivity contribution in [2.45, 2.75) is 6.92 Å². The van der Waals surface area contributed by atoms with Gasteiger partial charge in [-0.25, -0.2) is 5.43 Å². The number of aromatic amines is 1. The van der Waals surface area contributed by atoms with E-state index in [1.165, 1.54) is 25.3 Å². The summed E-state index contributed by atoms with van der Waals surface area (Å²) in [5, 5.41) is 31.0. The predicted molar refractivity (Wildman–Crippen MR) is 73.4 cm³/mol. The smallest absolute Gasteiger partial charge is 0.311 e. The molecule has 0 fully saturated rings. The van der Waals surface area contributed by atoms with Crippen LogP contribution in [0.1, 0.15) is 11.3 Å². The number of hydrazone groups is 1. The monoisotopic (exact) mass is 290 g/mol. The van der Waals surface area contributed by atoms with E-state index in [0.717, 1.165) is 6.07 Å². The van der Waals surface area contributed by atoms with Crippen molar-refractivity contribution in [1.82, 2.24) is 15.2 Å². The van der Waals surface area contributed by atoms with Gasteiger partial charge < -0.3 is 5.11 Å². The molecule has 0 unspecified atom stereocenters. The summed E-state index contributed by atoms with van der Waals surface area (Å²) in [6.45, 7) is 1.51. The van der Waals surface area contributed by atoms with Gasteiger partial charge in [0, 0.05) is 11.6 Å². The maximum absolute atomic E-state index is 11.3. The predicted octanol–water partition coefficient (Wildman–Crippen LogP) is 0.533. The van der Waals surface area contributed by atoms with E-state index in [9.17, 15) is 20.0 Å². The molecule has 0 aliphatic heterocycles. The van der Waals surface area contributed by atoms with Crippen LogP contribution in [0.4, 0.5) is 11.6 Å². The maximum Gasteiger partial charge on any atom is 0.311 e. The number of anilines is 1. The first kappa shape index (κ1) is 14.1. The van der Waals surface area contributed by atoms with Crippen LogP contribution in [0.25, 0.3) is 0 Å². The minimum atomic E-state index is -0.705. The lowest BCUT2D eigenvalue weighted by Crippen LogP contribution is -2.15. The van der Waals surface area contributed by atoms with Gasteiger partial charge >= 0.3 is 5.69 Å². The molecule has 1 aromatic heterocycles. The summed E-state index contributed by atoms with van der Waals surface area (Å²) in [7, 11) is 0. The number of nitro benzene ring substituents is 1. The topological polar surface area (TPSA) is 146 Å². The number of H-pyrrole nitrogens is 1. The first-order valence-electron chi connectivity index (χ1n) is 5.67. The van der Waals surface area contributed by atoms with Crippen molar-refractivity contribution in [2.75, 3.05) is 5.43 Å². The van der Waals surface area contributed by atoms with Crippen molar-refractivity contribution in [3.8, 4) is 5.75 Å². The first-order chi connectivity index (χ1) is 9.97. The number of nitrogens with one attached hydrogen (secondary N) is 2. The molecular formula is C11H10N6O4. The van der Waals surface area contributed by atoms with Crippen LogP contribution in [0.3, 0.4) is 0 Å². The molecule has 2 aromatic rings. The molecule has 0 atom stereocenters. The zero-order valence-electron chi connectivity index (χ0n) is 10.8. The molecule has 21 heavy (non-hydrogen) atoms. The normalized spacial score (nSPS) is 10.7. The van der Waals surface area contributed by atoms with E-state index in [-0.39, 0.29) is 11.6 Å². The van der Waals surface area contributed by atoms with Crippen LogP contribution in [-0.2, 0) is 0 Å². The van der Waals surface area contributed by atoms with Gasteiger partial charge in [0.2, 0.25) is 5.95 Å². The number of rotatable bonds is 4. The van der Waals surface area contributed by atoms with Gasteiger partial charge in [0.25, 0.3) is 5.56 Å². The summed E-state index contributed by atoms with van der Waals surface area (Å²) < 4.78 is 0. The zero-order valence-corrected chi connectivity index (χ0v) is 10.8. The Bertz CT molecular complexity index is 770. The third-order valence-electron chi connectivity index (χ3n) is 2.44. The lowest BCUT2D eigenvalue weighted by atomic mass is 10.2. The van der Waals surface area contributed by atoms with E-state index in [2.05, 4.69) is 25.7 Å². The molecule has 1 heterocycles. The molecule has 10 nitrogen and oxygen atoms in total. The Morgan fingerprint density at radius 1 is 1.48 bits per heavy atom. The molecule has 2 rings (SSSR count). The van der Waals surface area contributed by atoms with Gasteiger partial charge in [0.15, 0.2) is 5.75 Å². The van der Waals surface area contributed by atoms with Gasteiger partial charge in [-0.1, -0.05) is 0 Å². The van der Waals surface area contributed by atoms with Crippen LogP contribution in [0, 0.1) is 17.0 Å². The highest BCUT2D eigenvalue weighted by Crippen LogP contribution is 2.25. The fourth-order valence-electron chi connectivity index (χ4n) is 1.38. The second-order valence-corrected chi connectivity index (χ2v) is 3.96. The van der Waals surface area contributed by atoms with Gasteiger partial charge in [0.05, 0.1) is 11.1 Å². The third kappa shape index (κ3) is 3.37. The number of aromatic hydroxyl groups is 1.